The molecule has 4 heterocycles. The lowest BCUT2D eigenvalue weighted by molar-refractivity contribution is -0.0338. The lowest BCUT2D eigenvalue weighted by Crippen LogP contribution is -2.37. The van der Waals surface area contributed by atoms with Crippen molar-refractivity contribution in [2.75, 3.05) is 0 Å². The molecule has 226 valence electrons. The van der Waals surface area contributed by atoms with Gasteiger partial charge in [-0.05, 0) is 63.5 Å². The van der Waals surface area contributed by atoms with E-state index in [1.165, 1.54) is 35.5 Å². The number of aliphatic imine (C=N–C) groups is 2. The summed E-state index contributed by atoms with van der Waals surface area (Å²) < 4.78 is 14.0. The Balaban J connectivity index is 1.24. The molecule has 0 aromatic carbocycles. The Bertz CT molecular complexity index is 1850. The second-order valence-corrected chi connectivity index (χ2v) is 14.7. The van der Waals surface area contributed by atoms with E-state index in [0.717, 1.165) is 94.9 Å². The summed E-state index contributed by atoms with van der Waals surface area (Å²) in [4.78, 5) is 17.6. The highest BCUT2D eigenvalue weighted by atomic mass is 32.1. The van der Waals surface area contributed by atoms with Crippen LogP contribution in [0.3, 0.4) is 0 Å². The molecule has 0 amide bonds. The van der Waals surface area contributed by atoms with Crippen molar-refractivity contribution in [2.45, 2.75) is 75.4 Å². The minimum atomic E-state index is -0.432. The molecule has 6 aliphatic rings. The number of ether oxygens (including phenoxy) is 2. The molecule has 2 aliphatic heterocycles. The summed E-state index contributed by atoms with van der Waals surface area (Å²) in [7, 11) is 0. The van der Waals surface area contributed by atoms with E-state index in [-0.39, 0.29) is 23.5 Å². The second kappa shape index (κ2) is 11.0. The summed E-state index contributed by atoms with van der Waals surface area (Å²) in [5.74, 6) is 1.58. The number of fused-ring (bicyclic) bond motifs is 9. The maximum Gasteiger partial charge on any atom is 0.350 e. The van der Waals surface area contributed by atoms with Crippen LogP contribution in [0.25, 0.3) is 20.8 Å². The molecule has 8 rings (SSSR count). The van der Waals surface area contributed by atoms with E-state index in [1.54, 1.807) is 0 Å². The Morgan fingerprint density at radius 3 is 1.48 bits per heavy atom. The van der Waals surface area contributed by atoms with Crippen molar-refractivity contribution in [3.8, 4) is 12.1 Å². The summed E-state index contributed by atoms with van der Waals surface area (Å²) in [5.41, 5.74) is 3.49. The number of nitriles is 2. The van der Waals surface area contributed by atoms with E-state index in [1.807, 2.05) is 24.3 Å². The average Bonchev–Trinajstić information content (AvgIpc) is 3.72. The minimum absolute atomic E-state index is 0.0632. The first-order chi connectivity index (χ1) is 22.5. The third kappa shape index (κ3) is 4.48. The number of hydrogen-bond donors (Lipinski definition) is 0. The molecule has 8 nitrogen and oxygen atoms in total. The van der Waals surface area contributed by atoms with Crippen molar-refractivity contribution >= 4 is 55.5 Å². The number of thiophene rings is 2. The van der Waals surface area contributed by atoms with Crippen molar-refractivity contribution < 1.29 is 9.47 Å². The van der Waals surface area contributed by atoms with Crippen molar-refractivity contribution in [3.05, 3.63) is 91.7 Å². The van der Waals surface area contributed by atoms with Gasteiger partial charge in [0.1, 0.15) is 34.9 Å². The van der Waals surface area contributed by atoms with Gasteiger partial charge >= 0.3 is 11.7 Å². The summed E-state index contributed by atoms with van der Waals surface area (Å²) >= 11 is 3.07. The van der Waals surface area contributed by atoms with E-state index < -0.39 is 11.2 Å². The number of allylic oxidation sites excluding steroid dienone is 6. The van der Waals surface area contributed by atoms with Crippen LogP contribution in [0.15, 0.2) is 57.9 Å². The molecule has 0 N–H and O–H groups in total. The molecular weight excluding hydrogens is 613 g/mol. The summed E-state index contributed by atoms with van der Waals surface area (Å²) in [6.07, 6.45) is 19.5. The standard InChI is InChI=1S/C36H28N6O2S2/c1-39-29(19-37)41-31-17-25-33(45-31)23-13-21-16-28-24(14-22(21)15-27(23)43-35(25)9-5-3-6-10-35)34-26(36(44-28)11-7-4-8-12-36)18-32(46-34)42-30(20-38)40-2/h13-18,21-22H,3-12H2/b41-29-,42-30+. The van der Waals surface area contributed by atoms with E-state index >= 15 is 0 Å². The van der Waals surface area contributed by atoms with Crippen LogP contribution in [0.2, 0.25) is 0 Å². The Hall–Kier alpha value is -4.74. The van der Waals surface area contributed by atoms with Gasteiger partial charge in [-0.15, -0.1) is 0 Å². The number of hydrogen-bond acceptors (Lipinski definition) is 8. The first kappa shape index (κ1) is 28.7. The van der Waals surface area contributed by atoms with E-state index in [2.05, 4.69) is 44.0 Å². The molecule has 2 unspecified atom stereocenters. The zero-order chi connectivity index (χ0) is 31.5. The lowest BCUT2D eigenvalue weighted by atomic mass is 9.72. The highest BCUT2D eigenvalue weighted by molar-refractivity contribution is 7.17. The quantitative estimate of drug-likeness (QED) is 0.185. The molecule has 2 spiro atoms. The van der Waals surface area contributed by atoms with E-state index in [9.17, 15) is 10.5 Å². The number of rotatable bonds is 2. The van der Waals surface area contributed by atoms with Crippen molar-refractivity contribution in [2.24, 2.45) is 21.8 Å². The van der Waals surface area contributed by atoms with Gasteiger partial charge in [-0.2, -0.15) is 0 Å². The average molecular weight is 641 g/mol. The van der Waals surface area contributed by atoms with Crippen molar-refractivity contribution in [1.82, 2.24) is 0 Å². The minimum Gasteiger partial charge on any atom is -0.482 e. The second-order valence-electron chi connectivity index (χ2n) is 12.7. The summed E-state index contributed by atoms with van der Waals surface area (Å²) in [6.45, 7) is 14.7. The number of amidine groups is 2. The van der Waals surface area contributed by atoms with Crippen LogP contribution >= 0.6 is 22.7 Å². The fourth-order valence-corrected chi connectivity index (χ4v) is 10.3. The molecule has 2 aromatic rings. The van der Waals surface area contributed by atoms with Gasteiger partial charge in [0.05, 0.1) is 0 Å². The maximum atomic E-state index is 9.37. The highest BCUT2D eigenvalue weighted by Gasteiger charge is 2.49. The Kier molecular flexibility index (Phi) is 6.84. The van der Waals surface area contributed by atoms with Crippen LogP contribution in [0.1, 0.15) is 85.1 Å². The van der Waals surface area contributed by atoms with Crippen LogP contribution in [0.5, 0.6) is 0 Å². The van der Waals surface area contributed by atoms with Gasteiger partial charge in [0, 0.05) is 56.0 Å². The molecule has 2 aromatic heterocycles. The highest BCUT2D eigenvalue weighted by Crippen LogP contribution is 2.59. The molecule has 0 bridgehead atoms. The Morgan fingerprint density at radius 1 is 0.696 bits per heavy atom. The molecule has 2 saturated carbocycles. The van der Waals surface area contributed by atoms with Gasteiger partial charge in [0.15, 0.2) is 0 Å². The molecule has 10 heteroatoms. The molecule has 2 fully saturated rings. The lowest BCUT2D eigenvalue weighted by Gasteiger charge is -2.46. The first-order valence-electron chi connectivity index (χ1n) is 15.8. The van der Waals surface area contributed by atoms with Crippen LogP contribution < -0.4 is 0 Å². The zero-order valence-corrected chi connectivity index (χ0v) is 26.6. The number of nitrogens with zero attached hydrogens (tertiary/aromatic N) is 6. The maximum absolute atomic E-state index is 9.37. The third-order valence-corrected chi connectivity index (χ3v) is 12.2. The fourth-order valence-electron chi connectivity index (χ4n) is 7.99. The van der Waals surface area contributed by atoms with Gasteiger partial charge in [0.25, 0.3) is 0 Å². The monoisotopic (exact) mass is 640 g/mol. The van der Waals surface area contributed by atoms with Gasteiger partial charge in [-0.3, -0.25) is 0 Å². The largest absolute Gasteiger partial charge is 0.482 e. The van der Waals surface area contributed by atoms with Crippen LogP contribution in [0, 0.1) is 47.6 Å². The van der Waals surface area contributed by atoms with Gasteiger partial charge in [0.2, 0.25) is 10.0 Å². The smallest absolute Gasteiger partial charge is 0.350 e. The predicted octanol–water partition coefficient (Wildman–Crippen LogP) is 9.63. The van der Waals surface area contributed by atoms with E-state index in [0.29, 0.717) is 10.0 Å². The SMILES string of the molecule is [C-]#[N+]/C(C#N)=N\c1cc2c(s1)C1=CC3C=C4OC5(CCCCC5)c5cc(/N=C(\C#N)[N+]#[C-])sc5C4=CC3C=C1OC21CCCCC1. The van der Waals surface area contributed by atoms with Gasteiger partial charge in [-0.25, -0.2) is 10.5 Å². The molecule has 4 aliphatic carbocycles. The normalized spacial score (nSPS) is 25.0. The Labute approximate surface area is 275 Å². The zero-order valence-electron chi connectivity index (χ0n) is 25.0. The molecule has 2 atom stereocenters. The molecule has 0 radical (unpaired) electrons. The van der Waals surface area contributed by atoms with Crippen LogP contribution in [-0.2, 0) is 20.7 Å². The molecular formula is C36H28N6O2S2. The summed E-state index contributed by atoms with van der Waals surface area (Å²) in [5, 5.41) is 20.1. The van der Waals surface area contributed by atoms with Crippen LogP contribution in [0.4, 0.5) is 10.0 Å². The van der Waals surface area contributed by atoms with Gasteiger partial charge in [-0.1, -0.05) is 70.8 Å². The third-order valence-electron chi connectivity index (χ3n) is 10.1. The van der Waals surface area contributed by atoms with Crippen molar-refractivity contribution in [1.29, 1.82) is 10.5 Å². The predicted molar refractivity (Wildman–Crippen MR) is 178 cm³/mol. The fraction of sp³-hybridized carbons (Fsp3) is 0.389. The van der Waals surface area contributed by atoms with E-state index in [4.69, 9.17) is 22.6 Å². The van der Waals surface area contributed by atoms with Crippen LogP contribution in [-0.4, -0.2) is 11.7 Å². The summed E-state index contributed by atoms with van der Waals surface area (Å²) in [6, 6.07) is 7.88. The Morgan fingerprint density at radius 2 is 1.11 bits per heavy atom. The molecule has 0 saturated heterocycles. The topological polar surface area (TPSA) is 99.5 Å². The van der Waals surface area contributed by atoms with Gasteiger partial charge < -0.3 is 19.2 Å². The van der Waals surface area contributed by atoms with Crippen molar-refractivity contribution in [3.63, 3.8) is 0 Å². The first-order valence-corrected chi connectivity index (χ1v) is 17.4. The molecule has 46 heavy (non-hydrogen) atoms.